The van der Waals surface area contributed by atoms with Crippen LogP contribution in [-0.4, -0.2) is 16.1 Å². The molecule has 2 aromatic rings. The summed E-state index contributed by atoms with van der Waals surface area (Å²) in [6.45, 7) is 10.2. The van der Waals surface area contributed by atoms with Crippen molar-refractivity contribution in [2.45, 2.75) is 53.1 Å². The maximum absolute atomic E-state index is 12.7. The lowest BCUT2D eigenvalue weighted by Crippen LogP contribution is -2.32. The quantitative estimate of drug-likeness (QED) is 0.851. The number of nitrogens with zero attached hydrogens (tertiary/aromatic N) is 2. The van der Waals surface area contributed by atoms with Crippen molar-refractivity contribution in [2.75, 3.05) is 6.54 Å². The molecular weight excluding hydrogens is 274 g/mol. The van der Waals surface area contributed by atoms with E-state index in [1.807, 2.05) is 31.2 Å². The molecule has 0 aliphatic carbocycles. The Bertz CT molecular complexity index is 676. The Kier molecular flexibility index (Phi) is 5.72. The second kappa shape index (κ2) is 7.54. The molecule has 22 heavy (non-hydrogen) atoms. The van der Waals surface area contributed by atoms with Crippen molar-refractivity contribution in [1.82, 2.24) is 14.9 Å². The van der Waals surface area contributed by atoms with Crippen LogP contribution in [0.1, 0.15) is 52.4 Å². The molecule has 4 heteroatoms. The van der Waals surface area contributed by atoms with Gasteiger partial charge in [0, 0.05) is 6.54 Å². The Balaban J connectivity index is 2.41. The number of fused-ring (bicyclic) bond motifs is 1. The van der Waals surface area contributed by atoms with Gasteiger partial charge in [-0.25, -0.2) is 4.98 Å². The average molecular weight is 301 g/mol. The first kappa shape index (κ1) is 16.7. The van der Waals surface area contributed by atoms with Gasteiger partial charge in [-0.15, -0.1) is 0 Å². The van der Waals surface area contributed by atoms with Crippen molar-refractivity contribution in [3.8, 4) is 0 Å². The molecule has 1 N–H and O–H groups in total. The number of para-hydroxylation sites is 1. The van der Waals surface area contributed by atoms with Crippen LogP contribution in [-0.2, 0) is 6.54 Å². The molecule has 120 valence electrons. The van der Waals surface area contributed by atoms with E-state index in [0.717, 1.165) is 30.7 Å². The van der Waals surface area contributed by atoms with Crippen LogP contribution in [0.25, 0.3) is 10.9 Å². The Morgan fingerprint density at radius 3 is 2.59 bits per heavy atom. The third kappa shape index (κ3) is 3.55. The molecule has 1 aromatic carbocycles. The highest BCUT2D eigenvalue weighted by atomic mass is 16.1. The largest absolute Gasteiger partial charge is 0.307 e. The van der Waals surface area contributed by atoms with E-state index in [9.17, 15) is 4.79 Å². The molecular formula is C18H27N3O. The van der Waals surface area contributed by atoms with Gasteiger partial charge < -0.3 is 5.32 Å². The summed E-state index contributed by atoms with van der Waals surface area (Å²) in [5.41, 5.74) is 0.850. The fourth-order valence-corrected chi connectivity index (χ4v) is 2.72. The van der Waals surface area contributed by atoms with E-state index in [2.05, 4.69) is 26.1 Å². The van der Waals surface area contributed by atoms with E-state index in [-0.39, 0.29) is 11.6 Å². The van der Waals surface area contributed by atoms with Crippen LogP contribution < -0.4 is 10.9 Å². The minimum absolute atomic E-state index is 0.0622. The average Bonchev–Trinajstić information content (AvgIpc) is 2.51. The fraction of sp³-hybridized carbons (Fsp3) is 0.556. The van der Waals surface area contributed by atoms with Crippen LogP contribution in [0, 0.1) is 5.92 Å². The summed E-state index contributed by atoms with van der Waals surface area (Å²) in [6.07, 6.45) is 2.04. The number of hydrogen-bond donors (Lipinski definition) is 1. The molecule has 1 heterocycles. The first-order valence-corrected chi connectivity index (χ1v) is 8.31. The molecule has 0 spiro atoms. The SMILES string of the molecule is CC[C@H](NCCC(C)C)c1nc2ccccc2c(=O)n1CC. The molecule has 0 aliphatic heterocycles. The van der Waals surface area contributed by atoms with Crippen LogP contribution in [0.4, 0.5) is 0 Å². The second-order valence-electron chi connectivity index (χ2n) is 6.13. The summed E-state index contributed by atoms with van der Waals surface area (Å²) in [5, 5.41) is 4.26. The van der Waals surface area contributed by atoms with E-state index in [1.165, 1.54) is 0 Å². The van der Waals surface area contributed by atoms with Crippen molar-refractivity contribution in [3.63, 3.8) is 0 Å². The summed E-state index contributed by atoms with van der Waals surface area (Å²) in [6, 6.07) is 7.72. The van der Waals surface area contributed by atoms with Gasteiger partial charge in [-0.2, -0.15) is 0 Å². The summed E-state index contributed by atoms with van der Waals surface area (Å²) in [7, 11) is 0. The van der Waals surface area contributed by atoms with Gasteiger partial charge in [-0.1, -0.05) is 32.9 Å². The lowest BCUT2D eigenvalue weighted by Gasteiger charge is -2.21. The normalized spacial score (nSPS) is 13.0. The smallest absolute Gasteiger partial charge is 0.261 e. The molecule has 0 radical (unpaired) electrons. The highest BCUT2D eigenvalue weighted by Crippen LogP contribution is 2.17. The summed E-state index contributed by atoms with van der Waals surface area (Å²) in [5.74, 6) is 1.53. The van der Waals surface area contributed by atoms with Gasteiger partial charge in [0.05, 0.1) is 16.9 Å². The highest BCUT2D eigenvalue weighted by molar-refractivity contribution is 5.77. The number of nitrogens with one attached hydrogen (secondary N) is 1. The molecule has 4 nitrogen and oxygen atoms in total. The minimum Gasteiger partial charge on any atom is -0.307 e. The van der Waals surface area contributed by atoms with Crippen LogP contribution in [0.5, 0.6) is 0 Å². The van der Waals surface area contributed by atoms with E-state index in [1.54, 1.807) is 4.57 Å². The molecule has 0 bridgehead atoms. The van der Waals surface area contributed by atoms with E-state index < -0.39 is 0 Å². The van der Waals surface area contributed by atoms with Crippen molar-refractivity contribution in [1.29, 1.82) is 0 Å². The highest BCUT2D eigenvalue weighted by Gasteiger charge is 2.17. The second-order valence-corrected chi connectivity index (χ2v) is 6.13. The lowest BCUT2D eigenvalue weighted by atomic mass is 10.1. The molecule has 0 unspecified atom stereocenters. The number of benzene rings is 1. The Labute approximate surface area is 132 Å². The van der Waals surface area contributed by atoms with Crippen LogP contribution in [0.3, 0.4) is 0 Å². The van der Waals surface area contributed by atoms with E-state index >= 15 is 0 Å². The van der Waals surface area contributed by atoms with Gasteiger partial charge in [-0.3, -0.25) is 9.36 Å². The molecule has 1 aromatic heterocycles. The van der Waals surface area contributed by atoms with Crippen molar-refractivity contribution >= 4 is 10.9 Å². The third-order valence-electron chi connectivity index (χ3n) is 4.04. The molecule has 0 aliphatic rings. The molecule has 1 atom stereocenters. The van der Waals surface area contributed by atoms with Gasteiger partial charge >= 0.3 is 0 Å². The van der Waals surface area contributed by atoms with Crippen molar-refractivity contribution in [3.05, 3.63) is 40.4 Å². The van der Waals surface area contributed by atoms with Gasteiger partial charge in [0.1, 0.15) is 5.82 Å². The number of hydrogen-bond acceptors (Lipinski definition) is 3. The summed E-state index contributed by atoms with van der Waals surface area (Å²) >= 11 is 0. The monoisotopic (exact) mass is 301 g/mol. The topological polar surface area (TPSA) is 46.9 Å². The van der Waals surface area contributed by atoms with Crippen LogP contribution in [0.15, 0.2) is 29.1 Å². The third-order valence-corrected chi connectivity index (χ3v) is 4.04. The van der Waals surface area contributed by atoms with Crippen LogP contribution in [0.2, 0.25) is 0 Å². The maximum atomic E-state index is 12.7. The first-order valence-electron chi connectivity index (χ1n) is 8.31. The summed E-state index contributed by atoms with van der Waals surface area (Å²) in [4.78, 5) is 17.5. The zero-order chi connectivity index (χ0) is 16.1. The fourth-order valence-electron chi connectivity index (χ4n) is 2.72. The molecule has 0 saturated carbocycles. The van der Waals surface area contributed by atoms with Crippen molar-refractivity contribution < 1.29 is 0 Å². The zero-order valence-electron chi connectivity index (χ0n) is 14.1. The predicted molar refractivity (Wildman–Crippen MR) is 92.2 cm³/mol. The Morgan fingerprint density at radius 2 is 1.95 bits per heavy atom. The minimum atomic E-state index is 0.0622. The van der Waals surface area contributed by atoms with E-state index in [0.29, 0.717) is 17.8 Å². The van der Waals surface area contributed by atoms with Gasteiger partial charge in [0.25, 0.3) is 5.56 Å². The standard InChI is InChI=1S/C18H27N3O/c1-5-15(19-12-11-13(3)4)17-20-16-10-8-7-9-14(16)18(22)21(17)6-2/h7-10,13,15,19H,5-6,11-12H2,1-4H3/t15-/m0/s1. The molecule has 2 rings (SSSR count). The molecule has 0 fully saturated rings. The Morgan fingerprint density at radius 1 is 1.23 bits per heavy atom. The number of aromatic nitrogens is 2. The van der Waals surface area contributed by atoms with Gasteiger partial charge in [-0.05, 0) is 44.4 Å². The predicted octanol–water partition coefficient (Wildman–Crippen LogP) is 3.50. The zero-order valence-corrected chi connectivity index (χ0v) is 14.1. The van der Waals surface area contributed by atoms with Gasteiger partial charge in [0.2, 0.25) is 0 Å². The maximum Gasteiger partial charge on any atom is 0.261 e. The molecule has 0 amide bonds. The number of rotatable bonds is 7. The first-order chi connectivity index (χ1) is 10.6. The van der Waals surface area contributed by atoms with Crippen molar-refractivity contribution in [2.24, 2.45) is 5.92 Å². The lowest BCUT2D eigenvalue weighted by molar-refractivity contribution is 0.436. The van der Waals surface area contributed by atoms with E-state index in [4.69, 9.17) is 4.98 Å². The van der Waals surface area contributed by atoms with Crippen LogP contribution >= 0.6 is 0 Å². The summed E-state index contributed by atoms with van der Waals surface area (Å²) < 4.78 is 1.80. The van der Waals surface area contributed by atoms with Gasteiger partial charge in [0.15, 0.2) is 0 Å². The molecule has 0 saturated heterocycles. The Hall–Kier alpha value is -1.68.